The Hall–Kier alpha value is -1.39. The first kappa shape index (κ1) is 15.5. The average molecular weight is 303 g/mol. The Morgan fingerprint density at radius 1 is 1.27 bits per heavy atom. The van der Waals surface area contributed by atoms with Crippen LogP contribution in [0.3, 0.4) is 0 Å². The molecule has 22 heavy (non-hydrogen) atoms. The monoisotopic (exact) mass is 303 g/mol. The second-order valence-electron chi connectivity index (χ2n) is 6.41. The van der Waals surface area contributed by atoms with Gasteiger partial charge in [0.05, 0.1) is 24.9 Å². The second-order valence-corrected chi connectivity index (χ2v) is 6.41. The van der Waals surface area contributed by atoms with Crippen molar-refractivity contribution in [3.05, 3.63) is 34.9 Å². The number of carbonyl (C=O) groups is 1. The van der Waals surface area contributed by atoms with Crippen molar-refractivity contribution in [2.75, 3.05) is 20.3 Å². The minimum absolute atomic E-state index is 0.138. The number of methoxy groups -OCH3 is 1. The molecule has 4 heteroatoms. The number of carbonyl (C=O) groups excluding carboxylic acids is 1. The molecule has 0 radical (unpaired) electrons. The van der Waals surface area contributed by atoms with Crippen LogP contribution in [0.25, 0.3) is 0 Å². The maximum atomic E-state index is 13.1. The van der Waals surface area contributed by atoms with E-state index in [1.54, 1.807) is 7.11 Å². The van der Waals surface area contributed by atoms with Gasteiger partial charge >= 0.3 is 0 Å². The normalized spacial score (nSPS) is 28.3. The van der Waals surface area contributed by atoms with Crippen molar-refractivity contribution < 1.29 is 14.3 Å². The molecule has 1 aliphatic carbocycles. The lowest BCUT2D eigenvalue weighted by atomic mass is 9.87. The Bertz CT molecular complexity index is 537. The van der Waals surface area contributed by atoms with Crippen LogP contribution in [0.1, 0.15) is 40.7 Å². The Balaban J connectivity index is 1.87. The predicted octanol–water partition coefficient (Wildman–Crippen LogP) is 2.71. The van der Waals surface area contributed by atoms with Crippen molar-refractivity contribution in [1.82, 2.24) is 4.90 Å². The van der Waals surface area contributed by atoms with Gasteiger partial charge in [-0.1, -0.05) is 18.2 Å². The smallest absolute Gasteiger partial charge is 0.254 e. The van der Waals surface area contributed by atoms with Gasteiger partial charge in [-0.2, -0.15) is 0 Å². The van der Waals surface area contributed by atoms with Crippen molar-refractivity contribution in [3.8, 4) is 0 Å². The molecule has 1 aromatic carbocycles. The lowest BCUT2D eigenvalue weighted by Crippen LogP contribution is -2.57. The van der Waals surface area contributed by atoms with E-state index in [9.17, 15) is 4.79 Å². The van der Waals surface area contributed by atoms with Crippen molar-refractivity contribution in [2.45, 2.75) is 51.4 Å². The van der Waals surface area contributed by atoms with Gasteiger partial charge < -0.3 is 14.4 Å². The molecule has 1 amide bonds. The molecular weight excluding hydrogens is 278 g/mol. The summed E-state index contributed by atoms with van der Waals surface area (Å²) in [6, 6.07) is 6.16. The van der Waals surface area contributed by atoms with Crippen LogP contribution in [-0.2, 0) is 9.47 Å². The van der Waals surface area contributed by atoms with Crippen molar-refractivity contribution in [1.29, 1.82) is 0 Å². The first-order valence-electron chi connectivity index (χ1n) is 8.13. The zero-order valence-corrected chi connectivity index (χ0v) is 13.7. The maximum absolute atomic E-state index is 13.1. The van der Waals surface area contributed by atoms with Crippen molar-refractivity contribution in [3.63, 3.8) is 0 Å². The van der Waals surface area contributed by atoms with Crippen LogP contribution in [0.15, 0.2) is 18.2 Å². The molecule has 4 nitrogen and oxygen atoms in total. The summed E-state index contributed by atoms with van der Waals surface area (Å²) in [6.07, 6.45) is 3.25. The first-order valence-corrected chi connectivity index (χ1v) is 8.13. The number of morpholine rings is 1. The van der Waals surface area contributed by atoms with Crippen LogP contribution >= 0.6 is 0 Å². The Morgan fingerprint density at radius 2 is 2.00 bits per heavy atom. The molecule has 1 aliphatic heterocycles. The average Bonchev–Trinajstić information content (AvgIpc) is 2.53. The molecule has 0 spiro atoms. The Morgan fingerprint density at radius 3 is 2.68 bits per heavy atom. The van der Waals surface area contributed by atoms with Gasteiger partial charge in [0, 0.05) is 19.2 Å². The number of rotatable bonds is 2. The minimum Gasteiger partial charge on any atom is -0.381 e. The fraction of sp³-hybridized carbons (Fsp3) is 0.611. The topological polar surface area (TPSA) is 38.8 Å². The molecular formula is C18H25NO3. The number of nitrogens with zero attached hydrogens (tertiary/aromatic N) is 1. The van der Waals surface area contributed by atoms with E-state index in [1.807, 2.05) is 36.9 Å². The van der Waals surface area contributed by atoms with E-state index in [0.717, 1.165) is 36.0 Å². The van der Waals surface area contributed by atoms with E-state index < -0.39 is 0 Å². The summed E-state index contributed by atoms with van der Waals surface area (Å²) in [7, 11) is 1.76. The third kappa shape index (κ3) is 2.77. The number of fused-ring (bicyclic) bond motifs is 1. The van der Waals surface area contributed by atoms with Gasteiger partial charge in [0.15, 0.2) is 0 Å². The predicted molar refractivity (Wildman–Crippen MR) is 85.1 cm³/mol. The molecule has 0 aromatic heterocycles. The van der Waals surface area contributed by atoms with Gasteiger partial charge in [-0.3, -0.25) is 4.79 Å². The molecule has 0 bridgehead atoms. The summed E-state index contributed by atoms with van der Waals surface area (Å²) in [5, 5.41) is 0. The van der Waals surface area contributed by atoms with Gasteiger partial charge in [0.2, 0.25) is 0 Å². The highest BCUT2D eigenvalue weighted by Gasteiger charge is 2.40. The molecule has 2 fully saturated rings. The molecule has 3 rings (SSSR count). The Kier molecular flexibility index (Phi) is 4.50. The molecule has 2 aliphatic rings. The number of aryl methyl sites for hydroxylation is 2. The lowest BCUT2D eigenvalue weighted by molar-refractivity contribution is -0.101. The van der Waals surface area contributed by atoms with Gasteiger partial charge in [-0.25, -0.2) is 0 Å². The third-order valence-electron chi connectivity index (χ3n) is 5.06. The number of benzene rings is 1. The molecule has 1 saturated heterocycles. The summed E-state index contributed by atoms with van der Waals surface area (Å²) in [4.78, 5) is 15.1. The third-order valence-corrected chi connectivity index (χ3v) is 5.06. The fourth-order valence-corrected chi connectivity index (χ4v) is 3.83. The van der Waals surface area contributed by atoms with Crippen LogP contribution < -0.4 is 0 Å². The summed E-state index contributed by atoms with van der Waals surface area (Å²) in [6.45, 7) is 5.33. The number of amides is 1. The maximum Gasteiger partial charge on any atom is 0.254 e. The Labute approximate surface area is 132 Å². The molecule has 120 valence electrons. The van der Waals surface area contributed by atoms with Crippen molar-refractivity contribution >= 4 is 5.91 Å². The number of hydrogen-bond donors (Lipinski definition) is 0. The van der Waals surface area contributed by atoms with E-state index in [2.05, 4.69) is 0 Å². The molecule has 1 aromatic rings. The largest absolute Gasteiger partial charge is 0.381 e. The minimum atomic E-state index is 0.138. The van der Waals surface area contributed by atoms with E-state index in [1.165, 1.54) is 0 Å². The van der Waals surface area contributed by atoms with Gasteiger partial charge in [-0.05, 0) is 44.2 Å². The number of hydrogen-bond acceptors (Lipinski definition) is 3. The molecule has 0 N–H and O–H groups in total. The highest BCUT2D eigenvalue weighted by atomic mass is 16.5. The molecule has 1 heterocycles. The fourth-order valence-electron chi connectivity index (χ4n) is 3.83. The zero-order chi connectivity index (χ0) is 15.7. The second kappa shape index (κ2) is 6.39. The van der Waals surface area contributed by atoms with E-state index in [0.29, 0.717) is 13.2 Å². The lowest BCUT2D eigenvalue weighted by Gasteiger charge is -2.45. The van der Waals surface area contributed by atoms with E-state index >= 15 is 0 Å². The van der Waals surface area contributed by atoms with Crippen molar-refractivity contribution in [2.24, 2.45) is 0 Å². The summed E-state index contributed by atoms with van der Waals surface area (Å²) in [5.41, 5.74) is 2.95. The van der Waals surface area contributed by atoms with Crippen LogP contribution in [0.2, 0.25) is 0 Å². The standard InChI is InChI=1S/C18H25NO3/c1-12-5-4-6-13(2)17(12)18(20)19-9-10-22-16-8-7-14(21-3)11-15(16)19/h4-6,14-16H,7-11H2,1-3H3/t14-,15-,16+/m1/s1. The summed E-state index contributed by atoms with van der Waals surface area (Å²) in [5.74, 6) is 0.144. The highest BCUT2D eigenvalue weighted by molar-refractivity contribution is 5.97. The highest BCUT2D eigenvalue weighted by Crippen LogP contribution is 2.31. The summed E-state index contributed by atoms with van der Waals surface area (Å²) >= 11 is 0. The molecule has 3 atom stereocenters. The van der Waals surface area contributed by atoms with Crippen LogP contribution in [0.5, 0.6) is 0 Å². The number of ether oxygens (including phenoxy) is 2. The first-order chi connectivity index (χ1) is 10.6. The van der Waals surface area contributed by atoms with Gasteiger partial charge in [0.25, 0.3) is 5.91 Å². The van der Waals surface area contributed by atoms with Crippen LogP contribution in [0.4, 0.5) is 0 Å². The van der Waals surface area contributed by atoms with E-state index in [-0.39, 0.29) is 24.2 Å². The van der Waals surface area contributed by atoms with Gasteiger partial charge in [-0.15, -0.1) is 0 Å². The van der Waals surface area contributed by atoms with Crippen LogP contribution in [0, 0.1) is 13.8 Å². The zero-order valence-electron chi connectivity index (χ0n) is 13.7. The molecule has 1 saturated carbocycles. The van der Waals surface area contributed by atoms with Gasteiger partial charge in [0.1, 0.15) is 0 Å². The molecule has 0 unspecified atom stereocenters. The van der Waals surface area contributed by atoms with Crippen LogP contribution in [-0.4, -0.2) is 49.3 Å². The van der Waals surface area contributed by atoms with E-state index in [4.69, 9.17) is 9.47 Å². The SMILES string of the molecule is CO[C@@H]1CC[C@@H]2OCCN(C(=O)c3c(C)cccc3C)[C@@H]2C1. The summed E-state index contributed by atoms with van der Waals surface area (Å²) < 4.78 is 11.4. The quantitative estimate of drug-likeness (QED) is 0.843.